The fourth-order valence-corrected chi connectivity index (χ4v) is 1.89. The summed E-state index contributed by atoms with van der Waals surface area (Å²) in [5, 5.41) is 3.30. The van der Waals surface area contributed by atoms with Crippen molar-refractivity contribution in [3.8, 4) is 0 Å². The number of Topliss-reactive ketones (excluding diaryl/α,β-unsaturated/α-hetero) is 1. The number of hydrogen-bond acceptors (Lipinski definition) is 2. The van der Waals surface area contributed by atoms with Crippen molar-refractivity contribution in [3.05, 3.63) is 29.8 Å². The quantitative estimate of drug-likeness (QED) is 0.708. The van der Waals surface area contributed by atoms with Gasteiger partial charge in [0.25, 0.3) is 0 Å². The van der Waals surface area contributed by atoms with Crippen LogP contribution in [0.5, 0.6) is 0 Å². The molecule has 0 spiro atoms. The summed E-state index contributed by atoms with van der Waals surface area (Å²) in [5.74, 6) is 0.381. The van der Waals surface area contributed by atoms with Crippen LogP contribution in [0.15, 0.2) is 24.3 Å². The van der Waals surface area contributed by atoms with Crippen LogP contribution in [0.3, 0.4) is 0 Å². The topological polar surface area (TPSA) is 29.1 Å². The molecule has 2 nitrogen and oxygen atoms in total. The molecule has 1 unspecified atom stereocenters. The first-order chi connectivity index (χ1) is 6.29. The Morgan fingerprint density at radius 2 is 2.23 bits per heavy atom. The van der Waals surface area contributed by atoms with Crippen LogP contribution in [-0.2, 0) is 4.79 Å². The number of fused-ring (bicyclic) bond motifs is 1. The van der Waals surface area contributed by atoms with E-state index in [0.717, 1.165) is 24.2 Å². The highest BCUT2D eigenvalue weighted by Gasteiger charge is 2.22. The average molecular weight is 175 g/mol. The zero-order valence-corrected chi connectivity index (χ0v) is 7.71. The largest absolute Gasteiger partial charge is 0.385 e. The molecule has 0 fully saturated rings. The molecule has 1 aromatic rings. The van der Waals surface area contributed by atoms with E-state index < -0.39 is 0 Å². The van der Waals surface area contributed by atoms with Gasteiger partial charge in [0.05, 0.1) is 0 Å². The number of rotatable bonds is 1. The molecule has 1 atom stereocenters. The molecule has 68 valence electrons. The van der Waals surface area contributed by atoms with Crippen molar-refractivity contribution in [1.29, 1.82) is 0 Å². The summed E-state index contributed by atoms with van der Waals surface area (Å²) in [5.41, 5.74) is 2.27. The first-order valence-corrected chi connectivity index (χ1v) is 4.62. The van der Waals surface area contributed by atoms with E-state index in [2.05, 4.69) is 5.32 Å². The Labute approximate surface area is 78.0 Å². The lowest BCUT2D eigenvalue weighted by Gasteiger charge is -2.24. The van der Waals surface area contributed by atoms with Crippen molar-refractivity contribution < 1.29 is 4.79 Å². The van der Waals surface area contributed by atoms with E-state index >= 15 is 0 Å². The molecule has 0 amide bonds. The molecule has 0 bridgehead atoms. The lowest BCUT2D eigenvalue weighted by molar-refractivity contribution is -0.118. The minimum absolute atomic E-state index is 0.109. The smallest absolute Gasteiger partial charge is 0.137 e. The second-order valence-electron chi connectivity index (χ2n) is 3.47. The summed E-state index contributed by atoms with van der Waals surface area (Å²) in [6.07, 6.45) is 0.923. The lowest BCUT2D eigenvalue weighted by atomic mass is 9.88. The summed E-state index contributed by atoms with van der Waals surface area (Å²) in [7, 11) is 0. The van der Waals surface area contributed by atoms with E-state index in [0.29, 0.717) is 0 Å². The van der Waals surface area contributed by atoms with Gasteiger partial charge in [-0.2, -0.15) is 0 Å². The van der Waals surface area contributed by atoms with Crippen LogP contribution in [0, 0.1) is 0 Å². The fourth-order valence-electron chi connectivity index (χ4n) is 1.89. The first kappa shape index (κ1) is 8.30. The number of nitrogens with one attached hydrogen (secondary N) is 1. The molecule has 0 saturated heterocycles. The molecule has 0 aliphatic carbocycles. The maximum atomic E-state index is 11.3. The third kappa shape index (κ3) is 1.44. The molecule has 1 heterocycles. The summed E-state index contributed by atoms with van der Waals surface area (Å²) < 4.78 is 0. The normalized spacial score (nSPS) is 20.2. The van der Waals surface area contributed by atoms with Gasteiger partial charge >= 0.3 is 0 Å². The van der Waals surface area contributed by atoms with E-state index in [1.165, 1.54) is 0 Å². The van der Waals surface area contributed by atoms with Crippen LogP contribution in [0.1, 0.15) is 24.8 Å². The van der Waals surface area contributed by atoms with E-state index in [4.69, 9.17) is 0 Å². The first-order valence-electron chi connectivity index (χ1n) is 4.62. The molecule has 0 radical (unpaired) electrons. The third-order valence-electron chi connectivity index (χ3n) is 2.58. The number of carbonyl (C=O) groups is 1. The van der Waals surface area contributed by atoms with Crippen molar-refractivity contribution in [2.75, 3.05) is 11.9 Å². The zero-order chi connectivity index (χ0) is 9.26. The van der Waals surface area contributed by atoms with Crippen LogP contribution < -0.4 is 5.32 Å². The predicted molar refractivity (Wildman–Crippen MR) is 53.0 cm³/mol. The van der Waals surface area contributed by atoms with Gasteiger partial charge in [0.15, 0.2) is 0 Å². The molecule has 1 aliphatic heterocycles. The molecule has 1 aromatic carbocycles. The standard InChI is InChI=1S/C11H13NO/c1-8(13)9-6-7-12-11-5-3-2-4-10(9)11/h2-5,9,12H,6-7H2,1H3. The van der Waals surface area contributed by atoms with E-state index in [9.17, 15) is 4.79 Å². The second kappa shape index (κ2) is 3.21. The summed E-state index contributed by atoms with van der Waals surface area (Å²) in [4.78, 5) is 11.3. The number of carbonyl (C=O) groups excluding carboxylic acids is 1. The number of anilines is 1. The Kier molecular flexibility index (Phi) is 2.05. The Morgan fingerprint density at radius 3 is 3.00 bits per heavy atom. The maximum Gasteiger partial charge on any atom is 0.137 e. The van der Waals surface area contributed by atoms with Gasteiger partial charge in [-0.3, -0.25) is 4.79 Å². The minimum atomic E-state index is 0.109. The molecule has 0 saturated carbocycles. The molecule has 13 heavy (non-hydrogen) atoms. The molecular formula is C11H13NO. The van der Waals surface area contributed by atoms with Gasteiger partial charge in [-0.15, -0.1) is 0 Å². The fraction of sp³-hybridized carbons (Fsp3) is 0.364. The average Bonchev–Trinajstić information content (AvgIpc) is 2.17. The van der Waals surface area contributed by atoms with Crippen LogP contribution in [0.25, 0.3) is 0 Å². The second-order valence-corrected chi connectivity index (χ2v) is 3.47. The van der Waals surface area contributed by atoms with Crippen LogP contribution in [-0.4, -0.2) is 12.3 Å². The summed E-state index contributed by atoms with van der Waals surface area (Å²) in [6, 6.07) is 8.05. The van der Waals surface area contributed by atoms with Crippen LogP contribution in [0.4, 0.5) is 5.69 Å². The minimum Gasteiger partial charge on any atom is -0.385 e. The predicted octanol–water partition coefficient (Wildman–Crippen LogP) is 2.17. The maximum absolute atomic E-state index is 11.3. The van der Waals surface area contributed by atoms with Gasteiger partial charge in [0.2, 0.25) is 0 Å². The summed E-state index contributed by atoms with van der Waals surface area (Å²) >= 11 is 0. The van der Waals surface area contributed by atoms with Gasteiger partial charge in [-0.1, -0.05) is 18.2 Å². The van der Waals surface area contributed by atoms with Gasteiger partial charge < -0.3 is 5.32 Å². The van der Waals surface area contributed by atoms with Crippen molar-refractivity contribution in [3.63, 3.8) is 0 Å². The van der Waals surface area contributed by atoms with Crippen LogP contribution >= 0.6 is 0 Å². The zero-order valence-electron chi connectivity index (χ0n) is 7.71. The van der Waals surface area contributed by atoms with Gasteiger partial charge in [-0.05, 0) is 25.0 Å². The van der Waals surface area contributed by atoms with Crippen molar-refractivity contribution in [1.82, 2.24) is 0 Å². The highest BCUT2D eigenvalue weighted by Crippen LogP contribution is 2.31. The number of hydrogen-bond donors (Lipinski definition) is 1. The van der Waals surface area contributed by atoms with Gasteiger partial charge in [0.1, 0.15) is 5.78 Å². The molecule has 2 heteroatoms. The monoisotopic (exact) mass is 175 g/mol. The SMILES string of the molecule is CC(=O)C1CCNc2ccccc21. The third-order valence-corrected chi connectivity index (χ3v) is 2.58. The number of ketones is 1. The highest BCUT2D eigenvalue weighted by molar-refractivity contribution is 5.86. The van der Waals surface area contributed by atoms with Crippen LogP contribution in [0.2, 0.25) is 0 Å². The van der Waals surface area contributed by atoms with Gasteiger partial charge in [-0.25, -0.2) is 0 Å². The molecule has 0 aromatic heterocycles. The number of para-hydroxylation sites is 1. The van der Waals surface area contributed by atoms with Gasteiger partial charge in [0, 0.05) is 18.2 Å². The Morgan fingerprint density at radius 1 is 1.46 bits per heavy atom. The Bertz CT molecular complexity index is 333. The summed E-state index contributed by atoms with van der Waals surface area (Å²) in [6.45, 7) is 2.58. The molecule has 2 rings (SSSR count). The highest BCUT2D eigenvalue weighted by atomic mass is 16.1. The van der Waals surface area contributed by atoms with Crippen molar-refractivity contribution in [2.24, 2.45) is 0 Å². The van der Waals surface area contributed by atoms with Crippen molar-refractivity contribution in [2.45, 2.75) is 19.3 Å². The molecular weight excluding hydrogens is 162 g/mol. The molecule has 1 N–H and O–H groups in total. The van der Waals surface area contributed by atoms with E-state index in [1.54, 1.807) is 6.92 Å². The number of benzene rings is 1. The van der Waals surface area contributed by atoms with E-state index in [1.807, 2.05) is 24.3 Å². The molecule has 1 aliphatic rings. The van der Waals surface area contributed by atoms with Crippen molar-refractivity contribution >= 4 is 11.5 Å². The Hall–Kier alpha value is -1.31. The van der Waals surface area contributed by atoms with E-state index in [-0.39, 0.29) is 11.7 Å². The lowest BCUT2D eigenvalue weighted by Crippen LogP contribution is -2.21. The Balaban J connectivity index is 2.42.